The molecule has 1 aliphatic heterocycles. The van der Waals surface area contributed by atoms with Crippen LogP contribution in [0.3, 0.4) is 0 Å². The zero-order chi connectivity index (χ0) is 24.1. The fourth-order valence-electron chi connectivity index (χ4n) is 5.19. The summed E-state index contributed by atoms with van der Waals surface area (Å²) in [6.45, 7) is 2.81. The van der Waals surface area contributed by atoms with E-state index < -0.39 is 6.10 Å². The van der Waals surface area contributed by atoms with Crippen molar-refractivity contribution in [2.24, 2.45) is 0 Å². The van der Waals surface area contributed by atoms with Gasteiger partial charge in [0.25, 0.3) is 0 Å². The molecule has 4 aromatic rings. The lowest BCUT2D eigenvalue weighted by molar-refractivity contribution is -0.139. The van der Waals surface area contributed by atoms with Crippen LogP contribution in [0.15, 0.2) is 36.7 Å². The maximum atomic E-state index is 12.1. The van der Waals surface area contributed by atoms with Crippen molar-refractivity contribution in [3.8, 4) is 28.3 Å². The second-order valence-corrected chi connectivity index (χ2v) is 9.52. The number of aliphatic hydroxyl groups is 1. The van der Waals surface area contributed by atoms with Crippen molar-refractivity contribution >= 4 is 16.9 Å². The molecule has 2 N–H and O–H groups in total. The highest BCUT2D eigenvalue weighted by atomic mass is 16.5. The van der Waals surface area contributed by atoms with Crippen LogP contribution < -0.4 is 4.74 Å². The minimum Gasteiger partial charge on any atom is -0.494 e. The summed E-state index contributed by atoms with van der Waals surface area (Å²) in [7, 11) is 1.67. The summed E-state index contributed by atoms with van der Waals surface area (Å²) in [5.41, 5.74) is 7.89. The smallest absolute Gasteiger partial charge is 0.225 e. The summed E-state index contributed by atoms with van der Waals surface area (Å²) in [5.74, 6) is 0.695. The van der Waals surface area contributed by atoms with E-state index >= 15 is 0 Å². The van der Waals surface area contributed by atoms with Crippen molar-refractivity contribution in [3.63, 3.8) is 0 Å². The number of aromatic nitrogens is 5. The topological polar surface area (TPSA) is 109 Å². The van der Waals surface area contributed by atoms with Crippen LogP contribution in [0.1, 0.15) is 36.9 Å². The number of likely N-dealkylation sites (tertiary alicyclic amines) is 1. The highest BCUT2D eigenvalue weighted by Crippen LogP contribution is 2.39. The van der Waals surface area contributed by atoms with Gasteiger partial charge >= 0.3 is 0 Å². The van der Waals surface area contributed by atoms with Crippen LogP contribution in [0.25, 0.3) is 33.5 Å². The molecule has 0 radical (unpaired) electrons. The first-order valence-electron chi connectivity index (χ1n) is 12.1. The number of ether oxygens (including phenoxy) is 1. The van der Waals surface area contributed by atoms with E-state index in [2.05, 4.69) is 33.5 Å². The minimum absolute atomic E-state index is 0.0278. The van der Waals surface area contributed by atoms with Gasteiger partial charge in [-0.2, -0.15) is 10.2 Å². The quantitative estimate of drug-likeness (QED) is 0.446. The van der Waals surface area contributed by atoms with Crippen LogP contribution >= 0.6 is 0 Å². The summed E-state index contributed by atoms with van der Waals surface area (Å²) < 4.78 is 7.60. The van der Waals surface area contributed by atoms with Gasteiger partial charge in [-0.1, -0.05) is 18.2 Å². The molecule has 1 aliphatic carbocycles. The average molecular weight is 473 g/mol. The predicted molar refractivity (Wildman–Crippen MR) is 131 cm³/mol. The molecule has 3 aromatic heterocycles. The van der Waals surface area contributed by atoms with Crippen LogP contribution in [0.2, 0.25) is 0 Å². The highest BCUT2D eigenvalue weighted by Gasteiger charge is 2.33. The molecule has 1 fully saturated rings. The van der Waals surface area contributed by atoms with E-state index in [1.54, 1.807) is 25.1 Å². The summed E-state index contributed by atoms with van der Waals surface area (Å²) in [5, 5.41) is 21.6. The first kappa shape index (κ1) is 21.8. The van der Waals surface area contributed by atoms with Crippen molar-refractivity contribution in [2.75, 3.05) is 20.2 Å². The molecule has 180 valence electrons. The SMILES string of the molecule is COc1cc2[nH]nc(-c3cnn(C4CN(C(=O)CC(C)O)C4)c3)c2nc1-c1cccc2c1CCC2. The van der Waals surface area contributed by atoms with E-state index in [0.29, 0.717) is 13.1 Å². The zero-order valence-electron chi connectivity index (χ0n) is 19.9. The molecular weight excluding hydrogens is 444 g/mol. The molecule has 1 amide bonds. The third-order valence-corrected chi connectivity index (χ3v) is 7.06. The number of carbonyl (C=O) groups is 1. The number of carbonyl (C=O) groups excluding carboxylic acids is 1. The minimum atomic E-state index is -0.626. The third-order valence-electron chi connectivity index (χ3n) is 7.06. The van der Waals surface area contributed by atoms with Gasteiger partial charge in [0.1, 0.15) is 22.7 Å². The van der Waals surface area contributed by atoms with Crippen molar-refractivity contribution < 1.29 is 14.6 Å². The Morgan fingerprint density at radius 3 is 2.94 bits per heavy atom. The number of methoxy groups -OCH3 is 1. The van der Waals surface area contributed by atoms with Crippen molar-refractivity contribution in [1.29, 1.82) is 0 Å². The Morgan fingerprint density at radius 2 is 2.14 bits per heavy atom. The number of hydrogen-bond acceptors (Lipinski definition) is 6. The van der Waals surface area contributed by atoms with E-state index in [4.69, 9.17) is 9.72 Å². The third kappa shape index (κ3) is 3.76. The Labute approximate surface area is 202 Å². The van der Waals surface area contributed by atoms with Gasteiger partial charge in [-0.3, -0.25) is 14.6 Å². The van der Waals surface area contributed by atoms with Crippen LogP contribution in [0.5, 0.6) is 5.75 Å². The highest BCUT2D eigenvalue weighted by molar-refractivity contribution is 5.93. The molecule has 0 bridgehead atoms. The lowest BCUT2D eigenvalue weighted by Gasteiger charge is -2.39. The number of amides is 1. The van der Waals surface area contributed by atoms with Crippen molar-refractivity contribution in [2.45, 2.75) is 44.8 Å². The first-order chi connectivity index (χ1) is 17.0. The Bertz CT molecular complexity index is 1420. The van der Waals surface area contributed by atoms with Gasteiger partial charge in [0.05, 0.1) is 37.4 Å². The number of hydrogen-bond donors (Lipinski definition) is 2. The molecule has 1 atom stereocenters. The lowest BCUT2D eigenvalue weighted by Crippen LogP contribution is -2.51. The van der Waals surface area contributed by atoms with Gasteiger partial charge in [-0.25, -0.2) is 4.98 Å². The van der Waals surface area contributed by atoms with E-state index in [0.717, 1.165) is 58.6 Å². The molecule has 9 heteroatoms. The normalized spacial score (nSPS) is 16.4. The van der Waals surface area contributed by atoms with Gasteiger partial charge in [0.2, 0.25) is 5.91 Å². The molecular formula is C26H28N6O3. The Kier molecular flexibility index (Phi) is 5.29. The fraction of sp³-hybridized carbons (Fsp3) is 0.385. The number of benzene rings is 1. The van der Waals surface area contributed by atoms with Crippen LogP contribution in [-0.2, 0) is 17.6 Å². The van der Waals surface area contributed by atoms with Gasteiger partial charge in [-0.15, -0.1) is 0 Å². The van der Waals surface area contributed by atoms with E-state index in [-0.39, 0.29) is 18.4 Å². The fourth-order valence-corrected chi connectivity index (χ4v) is 5.19. The van der Waals surface area contributed by atoms with Gasteiger partial charge in [0.15, 0.2) is 0 Å². The number of H-pyrrole nitrogens is 1. The van der Waals surface area contributed by atoms with Gasteiger partial charge in [0, 0.05) is 36.5 Å². The summed E-state index contributed by atoms with van der Waals surface area (Å²) in [6.07, 6.45) is 6.60. The number of pyridine rings is 1. The molecule has 2 aliphatic rings. The van der Waals surface area contributed by atoms with Crippen molar-refractivity contribution in [1.82, 2.24) is 29.9 Å². The molecule has 1 saturated heterocycles. The average Bonchev–Trinajstić information content (AvgIpc) is 3.55. The maximum absolute atomic E-state index is 12.1. The summed E-state index contributed by atoms with van der Waals surface area (Å²) in [6, 6.07) is 8.50. The number of nitrogens with one attached hydrogen (secondary N) is 1. The van der Waals surface area contributed by atoms with Gasteiger partial charge < -0.3 is 14.7 Å². The zero-order valence-corrected chi connectivity index (χ0v) is 19.9. The molecule has 9 nitrogen and oxygen atoms in total. The standard InChI is InChI=1S/C26H28N6O3/c1-15(33)9-23(34)31-13-18(14-31)32-12-17(11-27-32)24-26-21(29-30-24)10-22(35-2)25(28-26)20-8-4-6-16-5-3-7-19(16)20/h4,6,8,10-12,15,18,33H,3,5,7,9,13-14H2,1-2H3,(H,29,30). The Hall–Kier alpha value is -3.72. The molecule has 1 aromatic carbocycles. The van der Waals surface area contributed by atoms with Gasteiger partial charge in [-0.05, 0) is 37.3 Å². The first-order valence-corrected chi connectivity index (χ1v) is 12.1. The molecule has 1 unspecified atom stereocenters. The summed E-state index contributed by atoms with van der Waals surface area (Å²) >= 11 is 0. The molecule has 0 spiro atoms. The van der Waals surface area contributed by atoms with Crippen molar-refractivity contribution in [3.05, 3.63) is 47.8 Å². The number of fused-ring (bicyclic) bond motifs is 2. The number of rotatable bonds is 6. The number of aromatic amines is 1. The Morgan fingerprint density at radius 1 is 1.29 bits per heavy atom. The van der Waals surface area contributed by atoms with Crippen LogP contribution in [0.4, 0.5) is 0 Å². The predicted octanol–water partition coefficient (Wildman–Crippen LogP) is 3.14. The number of nitrogens with zero attached hydrogens (tertiary/aromatic N) is 5. The lowest BCUT2D eigenvalue weighted by atomic mass is 9.99. The molecule has 4 heterocycles. The number of aryl methyl sites for hydroxylation is 1. The second kappa shape index (κ2) is 8.49. The van der Waals surface area contributed by atoms with Crippen LogP contribution in [-0.4, -0.2) is 67.2 Å². The largest absolute Gasteiger partial charge is 0.494 e. The van der Waals surface area contributed by atoms with E-state index in [1.807, 2.05) is 16.9 Å². The number of aliphatic hydroxyl groups excluding tert-OH is 1. The molecule has 35 heavy (non-hydrogen) atoms. The molecule has 6 rings (SSSR count). The molecule has 0 saturated carbocycles. The van der Waals surface area contributed by atoms with E-state index in [9.17, 15) is 9.90 Å². The van der Waals surface area contributed by atoms with E-state index in [1.165, 1.54) is 11.1 Å². The monoisotopic (exact) mass is 472 g/mol. The second-order valence-electron chi connectivity index (χ2n) is 9.52. The van der Waals surface area contributed by atoms with Crippen LogP contribution in [0, 0.1) is 0 Å². The summed E-state index contributed by atoms with van der Waals surface area (Å²) in [4.78, 5) is 18.9. The maximum Gasteiger partial charge on any atom is 0.225 e. The Balaban J connectivity index is 1.31.